The Morgan fingerprint density at radius 2 is 2.15 bits per heavy atom. The molecular weight excluding hydrogens is 278 g/mol. The van der Waals surface area contributed by atoms with Crippen molar-refractivity contribution in [1.82, 2.24) is 0 Å². The minimum absolute atomic E-state index is 0.0330. The lowest BCUT2D eigenvalue weighted by Crippen LogP contribution is -1.99. The Morgan fingerprint density at radius 1 is 1.35 bits per heavy atom. The molecule has 6 heteroatoms. The zero-order valence-electron chi connectivity index (χ0n) is 10.6. The van der Waals surface area contributed by atoms with Gasteiger partial charge in [0.1, 0.15) is 4.88 Å². The monoisotopic (exact) mass is 289 g/mol. The molecule has 0 saturated carbocycles. The fourth-order valence-electron chi connectivity index (χ4n) is 1.64. The number of nitro groups is 1. The van der Waals surface area contributed by atoms with Gasteiger partial charge in [0.15, 0.2) is 0 Å². The zero-order valence-corrected chi connectivity index (χ0v) is 11.4. The van der Waals surface area contributed by atoms with Crippen molar-refractivity contribution in [2.24, 2.45) is 0 Å². The number of hydrogen-bond acceptors (Lipinski definition) is 5. The van der Waals surface area contributed by atoms with Gasteiger partial charge in [0, 0.05) is 12.1 Å². The average Bonchev–Trinajstić information content (AvgIpc) is 2.93. The lowest BCUT2D eigenvalue weighted by atomic mass is 10.1. The van der Waals surface area contributed by atoms with E-state index in [4.69, 9.17) is 0 Å². The Kier molecular flexibility index (Phi) is 4.27. The van der Waals surface area contributed by atoms with Gasteiger partial charge in [-0.15, -0.1) is 11.3 Å². The molecule has 5 nitrogen and oxygen atoms in total. The van der Waals surface area contributed by atoms with E-state index < -0.39 is 10.9 Å². The zero-order chi connectivity index (χ0) is 14.5. The van der Waals surface area contributed by atoms with Crippen molar-refractivity contribution in [3.05, 3.63) is 61.8 Å². The number of rotatable bonds is 4. The molecule has 0 aliphatic rings. The van der Waals surface area contributed by atoms with E-state index in [1.54, 1.807) is 35.7 Å². The summed E-state index contributed by atoms with van der Waals surface area (Å²) in [5.41, 5.74) is 1.46. The molecule has 1 heterocycles. The first kappa shape index (κ1) is 14.0. The molecule has 0 spiro atoms. The highest BCUT2D eigenvalue weighted by Gasteiger charge is 2.11. The van der Waals surface area contributed by atoms with Crippen LogP contribution in [-0.4, -0.2) is 18.0 Å². The number of thiophene rings is 1. The Balaban J connectivity index is 2.26. The van der Waals surface area contributed by atoms with Crippen LogP contribution in [0.5, 0.6) is 0 Å². The second-order valence-electron chi connectivity index (χ2n) is 3.88. The van der Waals surface area contributed by atoms with Gasteiger partial charge < -0.3 is 4.74 Å². The second-order valence-corrected chi connectivity index (χ2v) is 4.80. The fraction of sp³-hybridized carbons (Fsp3) is 0.0714. The third-order valence-electron chi connectivity index (χ3n) is 2.60. The fourth-order valence-corrected chi connectivity index (χ4v) is 2.44. The van der Waals surface area contributed by atoms with Crippen LogP contribution in [0.25, 0.3) is 12.2 Å². The highest BCUT2D eigenvalue weighted by molar-refractivity contribution is 7.12. The molecule has 1 aromatic carbocycles. The standard InChI is InChI=1S/C14H11NO4S/c1-19-14(16)13-11(7-8-20-13)6-5-10-3-2-4-12(9-10)15(17)18/h2-9H,1H3/b6-5+. The Labute approximate surface area is 119 Å². The maximum atomic E-state index is 11.5. The predicted octanol–water partition coefficient (Wildman–Crippen LogP) is 3.61. The third-order valence-corrected chi connectivity index (χ3v) is 3.51. The molecule has 0 radical (unpaired) electrons. The number of nitro benzene ring substituents is 1. The van der Waals surface area contributed by atoms with Crippen LogP contribution in [0.15, 0.2) is 35.7 Å². The largest absolute Gasteiger partial charge is 0.465 e. The second kappa shape index (κ2) is 6.12. The lowest BCUT2D eigenvalue weighted by molar-refractivity contribution is -0.384. The van der Waals surface area contributed by atoms with Gasteiger partial charge in [0.2, 0.25) is 0 Å². The van der Waals surface area contributed by atoms with Crippen molar-refractivity contribution in [2.75, 3.05) is 7.11 Å². The number of nitrogens with zero attached hydrogens (tertiary/aromatic N) is 1. The molecule has 0 bridgehead atoms. The summed E-state index contributed by atoms with van der Waals surface area (Å²) in [7, 11) is 1.33. The average molecular weight is 289 g/mol. The van der Waals surface area contributed by atoms with Gasteiger partial charge in [-0.3, -0.25) is 10.1 Å². The van der Waals surface area contributed by atoms with Crippen LogP contribution in [0.1, 0.15) is 20.8 Å². The number of ether oxygens (including phenoxy) is 1. The molecule has 0 saturated heterocycles. The quantitative estimate of drug-likeness (QED) is 0.490. The smallest absolute Gasteiger partial charge is 0.348 e. The molecule has 0 aliphatic carbocycles. The number of esters is 1. The van der Waals surface area contributed by atoms with Crippen LogP contribution in [0.2, 0.25) is 0 Å². The molecule has 0 amide bonds. The number of carbonyl (C=O) groups excluding carboxylic acids is 1. The van der Waals surface area contributed by atoms with Crippen molar-refractivity contribution in [2.45, 2.75) is 0 Å². The van der Waals surface area contributed by atoms with Crippen LogP contribution in [0.3, 0.4) is 0 Å². The van der Waals surface area contributed by atoms with E-state index in [-0.39, 0.29) is 5.69 Å². The molecule has 2 aromatic rings. The highest BCUT2D eigenvalue weighted by Crippen LogP contribution is 2.21. The Hall–Kier alpha value is -2.47. The highest BCUT2D eigenvalue weighted by atomic mass is 32.1. The van der Waals surface area contributed by atoms with Crippen LogP contribution in [0, 0.1) is 10.1 Å². The molecule has 0 aliphatic heterocycles. The molecule has 0 unspecified atom stereocenters. The van der Waals surface area contributed by atoms with E-state index >= 15 is 0 Å². The van der Waals surface area contributed by atoms with Crippen LogP contribution in [-0.2, 0) is 4.74 Å². The van der Waals surface area contributed by atoms with Crippen molar-refractivity contribution >= 4 is 35.1 Å². The van der Waals surface area contributed by atoms with Crippen LogP contribution >= 0.6 is 11.3 Å². The first-order valence-corrected chi connectivity index (χ1v) is 6.58. The van der Waals surface area contributed by atoms with Crippen LogP contribution < -0.4 is 0 Å². The summed E-state index contributed by atoms with van der Waals surface area (Å²) in [6.07, 6.45) is 3.46. The van der Waals surface area contributed by atoms with Gasteiger partial charge in [0.05, 0.1) is 12.0 Å². The van der Waals surface area contributed by atoms with Gasteiger partial charge in [0.25, 0.3) is 5.69 Å². The first-order chi connectivity index (χ1) is 9.61. The number of methoxy groups -OCH3 is 1. The molecular formula is C14H11NO4S. The Morgan fingerprint density at radius 3 is 2.85 bits per heavy atom. The molecule has 102 valence electrons. The van der Waals surface area contributed by atoms with E-state index in [9.17, 15) is 14.9 Å². The van der Waals surface area contributed by atoms with E-state index in [1.807, 2.05) is 0 Å². The number of benzene rings is 1. The van der Waals surface area contributed by atoms with Gasteiger partial charge in [-0.2, -0.15) is 0 Å². The Bertz CT molecular complexity index is 675. The van der Waals surface area contributed by atoms with Crippen LogP contribution in [0.4, 0.5) is 5.69 Å². The summed E-state index contributed by atoms with van der Waals surface area (Å²) in [6.45, 7) is 0. The minimum Gasteiger partial charge on any atom is -0.465 e. The van der Waals surface area contributed by atoms with Gasteiger partial charge >= 0.3 is 5.97 Å². The first-order valence-electron chi connectivity index (χ1n) is 5.70. The van der Waals surface area contributed by atoms with Crippen molar-refractivity contribution in [1.29, 1.82) is 0 Å². The lowest BCUT2D eigenvalue weighted by Gasteiger charge is -1.97. The van der Waals surface area contributed by atoms with Gasteiger partial charge in [-0.1, -0.05) is 24.3 Å². The van der Waals surface area contributed by atoms with Crippen molar-refractivity contribution < 1.29 is 14.5 Å². The predicted molar refractivity (Wildman–Crippen MR) is 77.7 cm³/mol. The minimum atomic E-state index is -0.443. The molecule has 2 rings (SSSR count). The van der Waals surface area contributed by atoms with E-state index in [0.717, 1.165) is 5.56 Å². The van der Waals surface area contributed by atoms with Gasteiger partial charge in [-0.05, 0) is 22.6 Å². The summed E-state index contributed by atoms with van der Waals surface area (Å²) in [4.78, 5) is 22.3. The summed E-state index contributed by atoms with van der Waals surface area (Å²) < 4.78 is 4.69. The topological polar surface area (TPSA) is 69.4 Å². The summed E-state index contributed by atoms with van der Waals surface area (Å²) in [6, 6.07) is 8.08. The number of non-ortho nitro benzene ring substituents is 1. The maximum absolute atomic E-state index is 11.5. The SMILES string of the molecule is COC(=O)c1sccc1/C=C/c1cccc([N+](=O)[O-])c1. The van der Waals surface area contributed by atoms with Crippen molar-refractivity contribution in [3.8, 4) is 0 Å². The maximum Gasteiger partial charge on any atom is 0.348 e. The van der Waals surface area contributed by atoms with Gasteiger partial charge in [-0.25, -0.2) is 4.79 Å². The normalized spacial score (nSPS) is 10.7. The van der Waals surface area contributed by atoms with Crippen molar-refractivity contribution in [3.63, 3.8) is 0 Å². The molecule has 0 N–H and O–H groups in total. The van der Waals surface area contributed by atoms with E-state index in [2.05, 4.69) is 4.74 Å². The summed E-state index contributed by atoms with van der Waals surface area (Å²) >= 11 is 1.29. The summed E-state index contributed by atoms with van der Waals surface area (Å²) in [5.74, 6) is -0.390. The molecule has 0 fully saturated rings. The summed E-state index contributed by atoms with van der Waals surface area (Å²) in [5, 5.41) is 12.5. The third kappa shape index (κ3) is 3.10. The number of hydrogen-bond donors (Lipinski definition) is 0. The molecule has 20 heavy (non-hydrogen) atoms. The molecule has 0 atom stereocenters. The molecule has 1 aromatic heterocycles. The van der Waals surface area contributed by atoms with E-state index in [0.29, 0.717) is 10.4 Å². The number of carbonyl (C=O) groups is 1. The van der Waals surface area contributed by atoms with E-state index in [1.165, 1.54) is 30.6 Å².